The second-order valence-corrected chi connectivity index (χ2v) is 5.98. The van der Waals surface area contributed by atoms with E-state index in [4.69, 9.17) is 4.74 Å². The highest BCUT2D eigenvalue weighted by molar-refractivity contribution is 6.13. The second-order valence-electron chi connectivity index (χ2n) is 5.98. The number of aryl methyl sites for hydroxylation is 1. The SMILES string of the molecule is Cc1c(C(=O)O)ncc2[nH]c3cccc(Oc4ccc([N+](=O)[O-])cc4)c3c12. The van der Waals surface area contributed by atoms with E-state index in [-0.39, 0.29) is 11.4 Å². The van der Waals surface area contributed by atoms with Crippen LogP contribution < -0.4 is 4.74 Å². The van der Waals surface area contributed by atoms with Crippen molar-refractivity contribution in [1.82, 2.24) is 9.97 Å². The van der Waals surface area contributed by atoms with Crippen molar-refractivity contribution >= 4 is 33.5 Å². The van der Waals surface area contributed by atoms with Gasteiger partial charge in [-0.3, -0.25) is 10.1 Å². The van der Waals surface area contributed by atoms with Crippen LogP contribution in [-0.4, -0.2) is 26.0 Å². The van der Waals surface area contributed by atoms with Crippen molar-refractivity contribution in [2.75, 3.05) is 0 Å². The third kappa shape index (κ3) is 2.73. The number of carbonyl (C=O) groups is 1. The molecule has 0 saturated heterocycles. The molecule has 0 aliphatic rings. The first kappa shape index (κ1) is 16.5. The lowest BCUT2D eigenvalue weighted by molar-refractivity contribution is -0.384. The first-order valence-electron chi connectivity index (χ1n) is 8.01. The lowest BCUT2D eigenvalue weighted by Gasteiger charge is -2.08. The normalized spacial score (nSPS) is 11.0. The molecule has 0 amide bonds. The van der Waals surface area contributed by atoms with Gasteiger partial charge in [0.25, 0.3) is 5.69 Å². The van der Waals surface area contributed by atoms with Crippen LogP contribution in [0.2, 0.25) is 0 Å². The minimum absolute atomic E-state index is 0.0199. The maximum atomic E-state index is 11.4. The molecule has 0 bridgehead atoms. The number of benzene rings is 2. The molecule has 0 aliphatic carbocycles. The topological polar surface area (TPSA) is 118 Å². The number of nitro groups is 1. The van der Waals surface area contributed by atoms with Gasteiger partial charge in [0.15, 0.2) is 5.69 Å². The van der Waals surface area contributed by atoms with Crippen molar-refractivity contribution in [3.05, 3.63) is 70.0 Å². The molecule has 2 aromatic heterocycles. The van der Waals surface area contributed by atoms with Crippen molar-refractivity contribution in [2.45, 2.75) is 6.92 Å². The number of carboxylic acid groups (broad SMARTS) is 1. The van der Waals surface area contributed by atoms with E-state index in [0.29, 0.717) is 22.6 Å². The van der Waals surface area contributed by atoms with E-state index in [9.17, 15) is 20.0 Å². The number of H-pyrrole nitrogens is 1. The van der Waals surface area contributed by atoms with Gasteiger partial charge in [-0.05, 0) is 36.8 Å². The summed E-state index contributed by atoms with van der Waals surface area (Å²) in [6, 6.07) is 11.2. The Morgan fingerprint density at radius 1 is 1.15 bits per heavy atom. The molecule has 4 aromatic rings. The van der Waals surface area contributed by atoms with Gasteiger partial charge in [0.2, 0.25) is 0 Å². The molecule has 134 valence electrons. The van der Waals surface area contributed by atoms with Gasteiger partial charge in [-0.15, -0.1) is 0 Å². The molecular weight excluding hydrogens is 350 g/mol. The Labute approximate surface area is 152 Å². The van der Waals surface area contributed by atoms with Crippen molar-refractivity contribution in [1.29, 1.82) is 0 Å². The molecule has 0 aliphatic heterocycles. The number of carboxylic acids is 1. The predicted octanol–water partition coefficient (Wildman–Crippen LogP) is 4.42. The van der Waals surface area contributed by atoms with Crippen LogP contribution >= 0.6 is 0 Å². The summed E-state index contributed by atoms with van der Waals surface area (Å²) in [4.78, 5) is 29.0. The first-order chi connectivity index (χ1) is 13.0. The molecular formula is C19H13N3O5. The summed E-state index contributed by atoms with van der Waals surface area (Å²) in [7, 11) is 0. The summed E-state index contributed by atoms with van der Waals surface area (Å²) in [5.41, 5.74) is 1.96. The number of pyridine rings is 1. The summed E-state index contributed by atoms with van der Waals surface area (Å²) in [6.07, 6.45) is 1.49. The van der Waals surface area contributed by atoms with Crippen LogP contribution in [0.15, 0.2) is 48.7 Å². The van der Waals surface area contributed by atoms with E-state index in [2.05, 4.69) is 9.97 Å². The van der Waals surface area contributed by atoms with Crippen molar-refractivity contribution < 1.29 is 19.6 Å². The highest BCUT2D eigenvalue weighted by Crippen LogP contribution is 2.37. The molecule has 8 nitrogen and oxygen atoms in total. The van der Waals surface area contributed by atoms with Crippen molar-refractivity contribution in [3.63, 3.8) is 0 Å². The van der Waals surface area contributed by atoms with Gasteiger partial charge in [-0.1, -0.05) is 6.07 Å². The zero-order chi connectivity index (χ0) is 19.1. The Hall–Kier alpha value is -3.94. The number of hydrogen-bond donors (Lipinski definition) is 2. The van der Waals surface area contributed by atoms with E-state index in [1.54, 1.807) is 19.1 Å². The van der Waals surface area contributed by atoms with Gasteiger partial charge in [0.1, 0.15) is 11.5 Å². The monoisotopic (exact) mass is 363 g/mol. The Morgan fingerprint density at radius 2 is 1.89 bits per heavy atom. The van der Waals surface area contributed by atoms with Crippen molar-refractivity contribution in [3.8, 4) is 11.5 Å². The third-order valence-electron chi connectivity index (χ3n) is 4.35. The number of aromatic amines is 1. The molecule has 27 heavy (non-hydrogen) atoms. The van der Waals surface area contributed by atoms with Gasteiger partial charge in [0, 0.05) is 17.5 Å². The number of nitrogens with one attached hydrogen (secondary N) is 1. The molecule has 0 fully saturated rings. The van der Waals surface area contributed by atoms with Gasteiger partial charge in [-0.2, -0.15) is 0 Å². The standard InChI is InChI=1S/C19H13N3O5/c1-10-16-14(9-20-18(10)19(23)24)21-13-3-2-4-15(17(13)16)27-12-7-5-11(6-8-12)22(25)26/h2-9,21H,1H3,(H,23,24). The zero-order valence-electron chi connectivity index (χ0n) is 14.1. The number of non-ortho nitro benzene ring substituents is 1. The largest absolute Gasteiger partial charge is 0.477 e. The average Bonchev–Trinajstić information content (AvgIpc) is 3.02. The minimum Gasteiger partial charge on any atom is -0.477 e. The summed E-state index contributed by atoms with van der Waals surface area (Å²) in [5, 5.41) is 21.6. The second kappa shape index (κ2) is 6.10. The van der Waals surface area contributed by atoms with Crippen molar-refractivity contribution in [2.24, 2.45) is 0 Å². The Kier molecular flexibility index (Phi) is 3.73. The molecule has 0 spiro atoms. The van der Waals surface area contributed by atoms with Crippen LogP contribution in [0.5, 0.6) is 11.5 Å². The molecule has 2 N–H and O–H groups in total. The van der Waals surface area contributed by atoms with Crippen LogP contribution in [0.1, 0.15) is 16.1 Å². The Bertz CT molecular complexity index is 1210. The molecule has 4 rings (SSSR count). The van der Waals surface area contributed by atoms with E-state index in [1.165, 1.54) is 30.5 Å². The lowest BCUT2D eigenvalue weighted by Crippen LogP contribution is -2.03. The highest BCUT2D eigenvalue weighted by Gasteiger charge is 2.18. The maximum Gasteiger partial charge on any atom is 0.354 e. The summed E-state index contributed by atoms with van der Waals surface area (Å²) >= 11 is 0. The number of aromatic nitrogens is 2. The number of rotatable bonds is 4. The van der Waals surface area contributed by atoms with Crippen LogP contribution in [0, 0.1) is 17.0 Å². The predicted molar refractivity (Wildman–Crippen MR) is 98.5 cm³/mol. The molecule has 0 unspecified atom stereocenters. The average molecular weight is 363 g/mol. The first-order valence-corrected chi connectivity index (χ1v) is 8.01. The summed E-state index contributed by atoms with van der Waals surface area (Å²) in [5.74, 6) is -0.150. The number of ether oxygens (including phenoxy) is 1. The maximum absolute atomic E-state index is 11.4. The third-order valence-corrected chi connectivity index (χ3v) is 4.35. The summed E-state index contributed by atoms with van der Waals surface area (Å²) in [6.45, 7) is 1.70. The van der Waals surface area contributed by atoms with Crippen LogP contribution in [-0.2, 0) is 0 Å². The number of hydrogen-bond acceptors (Lipinski definition) is 5. The van der Waals surface area contributed by atoms with Gasteiger partial charge in [-0.25, -0.2) is 9.78 Å². The Balaban J connectivity index is 1.89. The molecule has 2 heterocycles. The fourth-order valence-electron chi connectivity index (χ4n) is 3.13. The fourth-order valence-corrected chi connectivity index (χ4v) is 3.13. The fraction of sp³-hybridized carbons (Fsp3) is 0.0526. The zero-order valence-corrected chi connectivity index (χ0v) is 14.1. The molecule has 0 radical (unpaired) electrons. The highest BCUT2D eigenvalue weighted by atomic mass is 16.6. The van der Waals surface area contributed by atoms with Gasteiger partial charge in [0.05, 0.1) is 27.5 Å². The van der Waals surface area contributed by atoms with E-state index >= 15 is 0 Å². The Morgan fingerprint density at radius 3 is 2.56 bits per heavy atom. The van der Waals surface area contributed by atoms with E-state index < -0.39 is 10.9 Å². The minimum atomic E-state index is -1.10. The smallest absolute Gasteiger partial charge is 0.354 e. The number of nitrogens with zero attached hydrogens (tertiary/aromatic N) is 2. The number of fused-ring (bicyclic) bond motifs is 3. The van der Waals surface area contributed by atoms with Gasteiger partial charge < -0.3 is 14.8 Å². The van der Waals surface area contributed by atoms with Gasteiger partial charge >= 0.3 is 5.97 Å². The van der Waals surface area contributed by atoms with Crippen LogP contribution in [0.3, 0.4) is 0 Å². The summed E-state index contributed by atoms with van der Waals surface area (Å²) < 4.78 is 5.94. The van der Waals surface area contributed by atoms with E-state index in [1.807, 2.05) is 6.07 Å². The van der Waals surface area contributed by atoms with E-state index in [0.717, 1.165) is 16.3 Å². The lowest BCUT2D eigenvalue weighted by atomic mass is 10.1. The molecule has 0 saturated carbocycles. The van der Waals surface area contributed by atoms with Crippen LogP contribution in [0.25, 0.3) is 21.8 Å². The number of nitro benzene ring substituents is 1. The molecule has 2 aromatic carbocycles. The molecule has 8 heteroatoms. The van der Waals surface area contributed by atoms with Crippen LogP contribution in [0.4, 0.5) is 5.69 Å². The molecule has 0 atom stereocenters. The number of aromatic carboxylic acids is 1. The quantitative estimate of drug-likeness (QED) is 0.409.